The maximum Gasteiger partial charge on any atom is 0.146 e. The number of anilines is 1. The van der Waals surface area contributed by atoms with Gasteiger partial charge in [0.1, 0.15) is 17.8 Å². The largest absolute Gasteiger partial charge is 0.383 e. The summed E-state index contributed by atoms with van der Waals surface area (Å²) in [5.74, 6) is 2.05. The molecular formula is C23H28BrN5. The summed E-state index contributed by atoms with van der Waals surface area (Å²) in [4.78, 5) is 8.64. The van der Waals surface area contributed by atoms with Crippen molar-refractivity contribution >= 4 is 32.8 Å². The maximum absolute atomic E-state index is 6.06. The van der Waals surface area contributed by atoms with Crippen LogP contribution in [0.15, 0.2) is 41.3 Å². The van der Waals surface area contributed by atoms with Crippen LogP contribution in [-0.2, 0) is 6.54 Å². The van der Waals surface area contributed by atoms with E-state index in [0.717, 1.165) is 40.8 Å². The van der Waals surface area contributed by atoms with Crippen LogP contribution in [0.1, 0.15) is 61.6 Å². The molecule has 0 bridgehead atoms. The van der Waals surface area contributed by atoms with Crippen LogP contribution in [0, 0.1) is 5.92 Å². The van der Waals surface area contributed by atoms with Crippen molar-refractivity contribution in [2.45, 2.75) is 57.0 Å². The van der Waals surface area contributed by atoms with Gasteiger partial charge in [-0.05, 0) is 77.5 Å². The van der Waals surface area contributed by atoms with Crippen LogP contribution in [0.2, 0.25) is 0 Å². The number of rotatable bonds is 6. The molecule has 2 aromatic heterocycles. The summed E-state index contributed by atoms with van der Waals surface area (Å²) >= 11 is 3.63. The highest BCUT2D eigenvalue weighted by atomic mass is 79.9. The number of nitrogens with zero attached hydrogens (tertiary/aromatic N) is 3. The van der Waals surface area contributed by atoms with Gasteiger partial charge in [-0.25, -0.2) is 9.97 Å². The molecule has 0 amide bonds. The zero-order valence-corrected chi connectivity index (χ0v) is 18.2. The van der Waals surface area contributed by atoms with E-state index in [4.69, 9.17) is 5.73 Å². The molecule has 1 aromatic carbocycles. The summed E-state index contributed by atoms with van der Waals surface area (Å²) < 4.78 is 3.27. The average Bonchev–Trinajstić information content (AvgIpc) is 3.30. The first-order chi connectivity index (χ1) is 14.2. The van der Waals surface area contributed by atoms with Gasteiger partial charge in [0.05, 0.1) is 5.39 Å². The van der Waals surface area contributed by atoms with Crippen LogP contribution >= 0.6 is 15.9 Å². The second-order valence-corrected chi connectivity index (χ2v) is 9.53. The summed E-state index contributed by atoms with van der Waals surface area (Å²) in [5.41, 5.74) is 9.84. The van der Waals surface area contributed by atoms with Gasteiger partial charge in [0, 0.05) is 23.3 Å². The fraction of sp³-hybridized carbons (Fsp3) is 0.478. The van der Waals surface area contributed by atoms with E-state index in [9.17, 15) is 0 Å². The van der Waals surface area contributed by atoms with Crippen molar-refractivity contribution in [3.63, 3.8) is 0 Å². The number of fused-ring (bicyclic) bond motifs is 1. The Morgan fingerprint density at radius 3 is 2.69 bits per heavy atom. The van der Waals surface area contributed by atoms with Crippen LogP contribution in [-0.4, -0.2) is 21.1 Å². The van der Waals surface area contributed by atoms with Gasteiger partial charge in [-0.2, -0.15) is 0 Å². The minimum absolute atomic E-state index is 0.451. The molecule has 2 atom stereocenters. The summed E-state index contributed by atoms with van der Waals surface area (Å²) in [6.45, 7) is 2.15. The predicted molar refractivity (Wildman–Crippen MR) is 121 cm³/mol. The Morgan fingerprint density at radius 2 is 1.93 bits per heavy atom. The van der Waals surface area contributed by atoms with Crippen molar-refractivity contribution < 1.29 is 0 Å². The summed E-state index contributed by atoms with van der Waals surface area (Å²) in [7, 11) is 0. The molecule has 0 radical (unpaired) electrons. The first-order valence-corrected chi connectivity index (χ1v) is 11.5. The molecule has 2 aliphatic carbocycles. The highest BCUT2D eigenvalue weighted by Gasteiger charge is 2.29. The first-order valence-electron chi connectivity index (χ1n) is 10.7. The molecule has 2 aliphatic rings. The molecule has 3 aromatic rings. The van der Waals surface area contributed by atoms with Gasteiger partial charge in [-0.3, -0.25) is 0 Å². The van der Waals surface area contributed by atoms with Gasteiger partial charge in [0.2, 0.25) is 0 Å². The molecule has 2 heterocycles. The quantitative estimate of drug-likeness (QED) is 0.539. The second kappa shape index (κ2) is 8.07. The topological polar surface area (TPSA) is 68.8 Å². The number of hydrogen-bond donors (Lipinski definition) is 2. The highest BCUT2D eigenvalue weighted by Crippen LogP contribution is 2.43. The van der Waals surface area contributed by atoms with Crippen molar-refractivity contribution in [1.82, 2.24) is 19.9 Å². The molecule has 0 saturated heterocycles. The lowest BCUT2D eigenvalue weighted by atomic mass is 9.85. The van der Waals surface area contributed by atoms with E-state index in [1.165, 1.54) is 43.4 Å². The van der Waals surface area contributed by atoms with Gasteiger partial charge < -0.3 is 15.6 Å². The molecule has 152 valence electrons. The third kappa shape index (κ3) is 3.80. The number of hydrogen-bond acceptors (Lipinski definition) is 4. The molecule has 0 unspecified atom stereocenters. The predicted octanol–water partition coefficient (Wildman–Crippen LogP) is 5.17. The minimum Gasteiger partial charge on any atom is -0.383 e. The van der Waals surface area contributed by atoms with Crippen molar-refractivity contribution in [2.24, 2.45) is 5.92 Å². The monoisotopic (exact) mass is 453 g/mol. The molecule has 3 N–H and O–H groups in total. The third-order valence-corrected chi connectivity index (χ3v) is 7.43. The smallest absolute Gasteiger partial charge is 0.146 e. The molecule has 5 nitrogen and oxygen atoms in total. The zero-order valence-electron chi connectivity index (χ0n) is 16.6. The van der Waals surface area contributed by atoms with E-state index < -0.39 is 0 Å². The summed E-state index contributed by atoms with van der Waals surface area (Å²) in [5, 5.41) is 4.54. The van der Waals surface area contributed by atoms with Crippen molar-refractivity contribution in [3.8, 4) is 0 Å². The number of nitrogens with two attached hydrogens (primary N) is 1. The van der Waals surface area contributed by atoms with E-state index in [0.29, 0.717) is 17.8 Å². The molecule has 2 saturated carbocycles. The zero-order chi connectivity index (χ0) is 19.8. The first kappa shape index (κ1) is 19.1. The molecule has 2 fully saturated rings. The highest BCUT2D eigenvalue weighted by molar-refractivity contribution is 9.10. The fourth-order valence-corrected chi connectivity index (χ4v) is 5.48. The van der Waals surface area contributed by atoms with Gasteiger partial charge in [-0.1, -0.05) is 30.7 Å². The summed E-state index contributed by atoms with van der Waals surface area (Å²) in [6.07, 6.45) is 11.4. The Kier molecular flexibility index (Phi) is 5.31. The van der Waals surface area contributed by atoms with Gasteiger partial charge in [0.25, 0.3) is 0 Å². The maximum atomic E-state index is 6.06. The van der Waals surface area contributed by atoms with E-state index in [1.54, 1.807) is 6.33 Å². The lowest BCUT2D eigenvalue weighted by molar-refractivity contribution is 0.301. The molecule has 0 spiro atoms. The molecule has 5 rings (SSSR count). The number of aromatic nitrogens is 3. The Balaban J connectivity index is 1.24. The van der Waals surface area contributed by atoms with Gasteiger partial charge >= 0.3 is 0 Å². The van der Waals surface area contributed by atoms with E-state index in [1.807, 2.05) is 0 Å². The number of nitrogen functional groups attached to an aromatic ring is 1. The van der Waals surface area contributed by atoms with Crippen LogP contribution in [0.25, 0.3) is 11.0 Å². The minimum atomic E-state index is 0.451. The summed E-state index contributed by atoms with van der Waals surface area (Å²) in [6, 6.07) is 9.71. The van der Waals surface area contributed by atoms with Gasteiger partial charge in [0.15, 0.2) is 0 Å². The second-order valence-electron chi connectivity index (χ2n) is 8.68. The Bertz CT molecular complexity index is 992. The van der Waals surface area contributed by atoms with Crippen LogP contribution in [0.5, 0.6) is 0 Å². The van der Waals surface area contributed by atoms with Crippen LogP contribution in [0.3, 0.4) is 0 Å². The lowest BCUT2D eigenvalue weighted by Crippen LogP contribution is -2.26. The number of benzene rings is 1. The molecule has 0 aliphatic heterocycles. The average molecular weight is 454 g/mol. The van der Waals surface area contributed by atoms with Crippen LogP contribution in [0.4, 0.5) is 5.82 Å². The Morgan fingerprint density at radius 1 is 1.10 bits per heavy atom. The van der Waals surface area contributed by atoms with E-state index in [-0.39, 0.29) is 0 Å². The standard InChI is InChI=1S/C23H28BrN5/c24-20-13-29(23-21(20)22(25)27-14-28-23)19-9-8-18(10-19)17-6-4-16(5-7-17)12-26-11-15-2-1-3-15/h4-7,13-15,18-19,26H,1-3,8-12H2,(H2,25,27,28)/t18-,19+/m1/s1. The SMILES string of the molecule is Nc1ncnc2c1c(Br)cn2[C@H]1CC[C@@H](c2ccc(CNCC3CCC3)cc2)C1. The number of nitrogens with one attached hydrogen (secondary N) is 1. The number of halogens is 1. The third-order valence-electron chi connectivity index (χ3n) is 6.83. The Labute approximate surface area is 180 Å². The lowest BCUT2D eigenvalue weighted by Gasteiger charge is -2.25. The van der Waals surface area contributed by atoms with E-state index >= 15 is 0 Å². The van der Waals surface area contributed by atoms with Crippen LogP contribution < -0.4 is 11.1 Å². The molecule has 6 heteroatoms. The van der Waals surface area contributed by atoms with Crippen molar-refractivity contribution in [2.75, 3.05) is 12.3 Å². The Hall–Kier alpha value is -1.92. The van der Waals surface area contributed by atoms with E-state index in [2.05, 4.69) is 66.2 Å². The van der Waals surface area contributed by atoms with Gasteiger partial charge in [-0.15, -0.1) is 0 Å². The van der Waals surface area contributed by atoms with Crippen molar-refractivity contribution in [3.05, 3.63) is 52.4 Å². The normalized spacial score (nSPS) is 22.2. The fourth-order valence-electron chi connectivity index (χ4n) is 4.88. The molecule has 29 heavy (non-hydrogen) atoms. The molecular weight excluding hydrogens is 426 g/mol. The van der Waals surface area contributed by atoms with Crippen molar-refractivity contribution in [1.29, 1.82) is 0 Å².